The zero-order valence-electron chi connectivity index (χ0n) is 17.7. The van der Waals surface area contributed by atoms with Gasteiger partial charge in [0, 0.05) is 43.8 Å². The molecule has 3 heterocycles. The summed E-state index contributed by atoms with van der Waals surface area (Å²) in [7, 11) is 0. The summed E-state index contributed by atoms with van der Waals surface area (Å²) in [6.45, 7) is 4.94. The van der Waals surface area contributed by atoms with Crippen LogP contribution in [0.25, 0.3) is 0 Å². The van der Waals surface area contributed by atoms with Crippen LogP contribution < -0.4 is 10.2 Å². The Balaban J connectivity index is 1.19. The Kier molecular flexibility index (Phi) is 7.33. The lowest BCUT2D eigenvalue weighted by atomic mass is 10.2. The number of benzene rings is 1. The van der Waals surface area contributed by atoms with Crippen LogP contribution in [0.1, 0.15) is 20.4 Å². The van der Waals surface area contributed by atoms with Crippen molar-refractivity contribution in [2.24, 2.45) is 0 Å². The lowest BCUT2D eigenvalue weighted by molar-refractivity contribution is -0.128. The number of aromatic nitrogens is 3. The maximum absolute atomic E-state index is 12.5. The number of amides is 2. The normalized spacial score (nSPS) is 13.8. The van der Waals surface area contributed by atoms with E-state index in [4.69, 9.17) is 0 Å². The van der Waals surface area contributed by atoms with Crippen molar-refractivity contribution in [2.75, 3.05) is 42.1 Å². The Morgan fingerprint density at radius 3 is 2.56 bits per heavy atom. The molecule has 1 aromatic carbocycles. The molecule has 0 unspecified atom stereocenters. The minimum Gasteiger partial charge on any atom is -0.353 e. The number of aryl methyl sites for hydroxylation is 1. The number of pyridine rings is 1. The second-order valence-corrected chi connectivity index (χ2v) is 9.42. The van der Waals surface area contributed by atoms with Crippen molar-refractivity contribution in [3.8, 4) is 0 Å². The number of hydrogen-bond donors (Lipinski definition) is 1. The zero-order valence-corrected chi connectivity index (χ0v) is 19.4. The summed E-state index contributed by atoms with van der Waals surface area (Å²) >= 11 is 2.75. The third kappa shape index (κ3) is 5.83. The molecule has 0 radical (unpaired) electrons. The highest BCUT2D eigenvalue weighted by molar-refractivity contribution is 7.99. The maximum Gasteiger partial charge on any atom is 0.286 e. The highest BCUT2D eigenvalue weighted by Gasteiger charge is 2.22. The van der Waals surface area contributed by atoms with Gasteiger partial charge in [0.2, 0.25) is 10.9 Å². The van der Waals surface area contributed by atoms with Crippen molar-refractivity contribution in [2.45, 2.75) is 12.7 Å². The third-order valence-electron chi connectivity index (χ3n) is 5.03. The maximum atomic E-state index is 12.5. The molecule has 1 aliphatic rings. The molecule has 0 bridgehead atoms. The van der Waals surface area contributed by atoms with E-state index in [0.29, 0.717) is 29.6 Å². The van der Waals surface area contributed by atoms with Gasteiger partial charge in [-0.3, -0.25) is 9.59 Å². The molecule has 1 fully saturated rings. The van der Waals surface area contributed by atoms with Crippen LogP contribution in [0, 0.1) is 6.92 Å². The van der Waals surface area contributed by atoms with Crippen LogP contribution in [0.2, 0.25) is 0 Å². The first kappa shape index (κ1) is 22.2. The van der Waals surface area contributed by atoms with Gasteiger partial charge in [-0.2, -0.15) is 0 Å². The Morgan fingerprint density at radius 1 is 1.06 bits per heavy atom. The SMILES string of the molecule is Cc1ccc(NC(=O)c2nnc(CSCC(=O)N3CCN(c4ccccn4)CC3)s2)cc1. The number of nitrogens with one attached hydrogen (secondary N) is 1. The van der Waals surface area contributed by atoms with Crippen molar-refractivity contribution in [3.05, 3.63) is 64.2 Å². The smallest absolute Gasteiger partial charge is 0.286 e. The third-order valence-corrected chi connectivity index (χ3v) is 7.06. The van der Waals surface area contributed by atoms with Gasteiger partial charge >= 0.3 is 0 Å². The van der Waals surface area contributed by atoms with Crippen LogP contribution in [-0.2, 0) is 10.5 Å². The van der Waals surface area contributed by atoms with Gasteiger partial charge in [0.05, 0.1) is 5.75 Å². The second-order valence-electron chi connectivity index (χ2n) is 7.37. The number of thioether (sulfide) groups is 1. The van der Waals surface area contributed by atoms with Crippen molar-refractivity contribution >= 4 is 46.4 Å². The van der Waals surface area contributed by atoms with E-state index in [1.807, 2.05) is 54.3 Å². The highest BCUT2D eigenvalue weighted by Crippen LogP contribution is 2.19. The minimum atomic E-state index is -0.274. The summed E-state index contributed by atoms with van der Waals surface area (Å²) in [5.41, 5.74) is 1.85. The molecule has 0 saturated carbocycles. The fourth-order valence-corrected chi connectivity index (χ4v) is 4.98. The van der Waals surface area contributed by atoms with E-state index in [-0.39, 0.29) is 11.8 Å². The monoisotopic (exact) mass is 468 g/mol. The molecule has 166 valence electrons. The molecule has 1 N–H and O–H groups in total. The Labute approximate surface area is 195 Å². The fourth-order valence-electron chi connectivity index (χ4n) is 3.27. The van der Waals surface area contributed by atoms with Crippen LogP contribution in [0.15, 0.2) is 48.7 Å². The van der Waals surface area contributed by atoms with E-state index >= 15 is 0 Å². The molecule has 1 saturated heterocycles. The predicted molar refractivity (Wildman–Crippen MR) is 128 cm³/mol. The van der Waals surface area contributed by atoms with Gasteiger partial charge in [0.25, 0.3) is 5.91 Å². The van der Waals surface area contributed by atoms with Crippen molar-refractivity contribution < 1.29 is 9.59 Å². The first-order valence-corrected chi connectivity index (χ1v) is 12.3. The van der Waals surface area contributed by atoms with Crippen LogP contribution in [-0.4, -0.2) is 63.8 Å². The number of carbonyl (C=O) groups excluding carboxylic acids is 2. The average molecular weight is 469 g/mol. The van der Waals surface area contributed by atoms with E-state index in [0.717, 1.165) is 35.2 Å². The summed E-state index contributed by atoms with van der Waals surface area (Å²) in [6.07, 6.45) is 1.79. The van der Waals surface area contributed by atoms with E-state index < -0.39 is 0 Å². The van der Waals surface area contributed by atoms with Gasteiger partial charge in [-0.15, -0.1) is 22.0 Å². The van der Waals surface area contributed by atoms with Gasteiger partial charge in [0.15, 0.2) is 0 Å². The molecule has 4 rings (SSSR count). The van der Waals surface area contributed by atoms with Crippen LogP contribution in [0.4, 0.5) is 11.5 Å². The van der Waals surface area contributed by atoms with E-state index in [1.165, 1.54) is 23.1 Å². The number of piperazine rings is 1. The van der Waals surface area contributed by atoms with Crippen molar-refractivity contribution in [3.63, 3.8) is 0 Å². The van der Waals surface area contributed by atoms with E-state index in [9.17, 15) is 9.59 Å². The summed E-state index contributed by atoms with van der Waals surface area (Å²) in [5.74, 6) is 1.73. The van der Waals surface area contributed by atoms with Crippen molar-refractivity contribution in [1.29, 1.82) is 0 Å². The molecular formula is C22H24N6O2S2. The molecule has 32 heavy (non-hydrogen) atoms. The fraction of sp³-hybridized carbons (Fsp3) is 0.318. The molecule has 0 atom stereocenters. The van der Waals surface area contributed by atoms with E-state index in [1.54, 1.807) is 6.20 Å². The van der Waals surface area contributed by atoms with Crippen LogP contribution >= 0.6 is 23.1 Å². The Morgan fingerprint density at radius 2 is 1.84 bits per heavy atom. The number of rotatable bonds is 7. The quantitative estimate of drug-likeness (QED) is 0.570. The molecule has 10 heteroatoms. The van der Waals surface area contributed by atoms with E-state index in [2.05, 4.69) is 25.4 Å². The summed E-state index contributed by atoms with van der Waals surface area (Å²) in [4.78, 5) is 33.4. The number of carbonyl (C=O) groups is 2. The van der Waals surface area contributed by atoms with Gasteiger partial charge < -0.3 is 15.1 Å². The summed E-state index contributed by atoms with van der Waals surface area (Å²) in [6, 6.07) is 13.4. The Bertz CT molecular complexity index is 1050. The molecule has 2 amide bonds. The number of hydrogen-bond acceptors (Lipinski definition) is 8. The highest BCUT2D eigenvalue weighted by atomic mass is 32.2. The van der Waals surface area contributed by atoms with Crippen molar-refractivity contribution in [1.82, 2.24) is 20.1 Å². The minimum absolute atomic E-state index is 0.123. The topological polar surface area (TPSA) is 91.3 Å². The Hall–Kier alpha value is -2.98. The number of nitrogens with zero attached hydrogens (tertiary/aromatic N) is 5. The second kappa shape index (κ2) is 10.6. The summed E-state index contributed by atoms with van der Waals surface area (Å²) in [5, 5.41) is 12.0. The molecule has 0 spiro atoms. The summed E-state index contributed by atoms with van der Waals surface area (Å²) < 4.78 is 0. The number of anilines is 2. The molecule has 2 aromatic heterocycles. The van der Waals surface area contributed by atoms with Crippen LogP contribution in [0.3, 0.4) is 0 Å². The molecule has 0 aliphatic carbocycles. The van der Waals surface area contributed by atoms with Gasteiger partial charge in [-0.1, -0.05) is 35.1 Å². The molecular weight excluding hydrogens is 444 g/mol. The molecule has 3 aromatic rings. The molecule has 8 nitrogen and oxygen atoms in total. The zero-order chi connectivity index (χ0) is 22.3. The first-order valence-electron chi connectivity index (χ1n) is 10.3. The predicted octanol–water partition coefficient (Wildman–Crippen LogP) is 3.08. The standard InChI is InChI=1S/C22H24N6O2S2/c1-16-5-7-17(8-6-16)24-21(30)22-26-25-19(32-22)14-31-15-20(29)28-12-10-27(11-13-28)18-4-2-3-9-23-18/h2-9H,10-15H2,1H3,(H,24,30). The average Bonchev–Trinajstić information content (AvgIpc) is 3.30. The van der Waals surface area contributed by atoms with Crippen LogP contribution in [0.5, 0.6) is 0 Å². The first-order chi connectivity index (χ1) is 15.6. The van der Waals surface area contributed by atoms with Gasteiger partial charge in [-0.05, 0) is 31.2 Å². The van der Waals surface area contributed by atoms with Gasteiger partial charge in [0.1, 0.15) is 10.8 Å². The molecule has 1 aliphatic heterocycles. The largest absolute Gasteiger partial charge is 0.353 e. The van der Waals surface area contributed by atoms with Gasteiger partial charge in [-0.25, -0.2) is 4.98 Å². The lowest BCUT2D eigenvalue weighted by Gasteiger charge is -2.35. The lowest BCUT2D eigenvalue weighted by Crippen LogP contribution is -2.49.